The highest BCUT2D eigenvalue weighted by Crippen LogP contribution is 2.27. The fraction of sp³-hybridized carbons (Fsp3) is 0.800. The fourth-order valence-corrected chi connectivity index (χ4v) is 3.53. The third-order valence-corrected chi connectivity index (χ3v) is 4.69. The van der Waals surface area contributed by atoms with E-state index in [4.69, 9.17) is 5.10 Å². The second kappa shape index (κ2) is 6.06. The van der Waals surface area contributed by atoms with Gasteiger partial charge in [-0.2, -0.15) is 5.10 Å². The first-order valence-electron chi connectivity index (χ1n) is 7.76. The van der Waals surface area contributed by atoms with Gasteiger partial charge in [-0.15, -0.1) is 0 Å². The standard InChI is InChI=1S/C15H25N3O/c19-12-15-7-4-9-17(15)11-13-8-10-18(16-13)14-5-2-1-3-6-14/h8,10,14-15,19H,1-7,9,11-12H2. The average Bonchev–Trinajstić information content (AvgIpc) is 3.09. The highest BCUT2D eigenvalue weighted by molar-refractivity contribution is 5.01. The van der Waals surface area contributed by atoms with Gasteiger partial charge in [-0.25, -0.2) is 0 Å². The van der Waals surface area contributed by atoms with Crippen molar-refractivity contribution in [3.63, 3.8) is 0 Å². The van der Waals surface area contributed by atoms with Crippen molar-refractivity contribution in [1.29, 1.82) is 0 Å². The van der Waals surface area contributed by atoms with Gasteiger partial charge in [-0.05, 0) is 38.3 Å². The van der Waals surface area contributed by atoms with Crippen LogP contribution in [0.3, 0.4) is 0 Å². The summed E-state index contributed by atoms with van der Waals surface area (Å²) in [6.07, 6.45) is 11.1. The molecular weight excluding hydrogens is 238 g/mol. The summed E-state index contributed by atoms with van der Waals surface area (Å²) in [5.41, 5.74) is 1.16. The summed E-state index contributed by atoms with van der Waals surface area (Å²) in [7, 11) is 0. The lowest BCUT2D eigenvalue weighted by atomic mass is 9.96. The summed E-state index contributed by atoms with van der Waals surface area (Å²) in [4.78, 5) is 2.37. The molecule has 1 aromatic rings. The molecule has 1 atom stereocenters. The third kappa shape index (κ3) is 3.00. The highest BCUT2D eigenvalue weighted by Gasteiger charge is 2.24. The van der Waals surface area contributed by atoms with Crippen LogP contribution in [-0.2, 0) is 6.54 Å². The van der Waals surface area contributed by atoms with Crippen LogP contribution in [0.4, 0.5) is 0 Å². The Morgan fingerprint density at radius 3 is 2.79 bits per heavy atom. The van der Waals surface area contributed by atoms with Crippen LogP contribution in [0, 0.1) is 0 Å². The minimum Gasteiger partial charge on any atom is -0.395 e. The molecule has 1 N–H and O–H groups in total. The Bertz CT molecular complexity index is 398. The van der Waals surface area contributed by atoms with Crippen molar-refractivity contribution in [2.24, 2.45) is 0 Å². The monoisotopic (exact) mass is 263 g/mol. The first kappa shape index (κ1) is 13.1. The van der Waals surface area contributed by atoms with Gasteiger partial charge in [0.05, 0.1) is 18.3 Å². The minimum atomic E-state index is 0.281. The summed E-state index contributed by atoms with van der Waals surface area (Å²) in [6, 6.07) is 3.12. The zero-order valence-electron chi connectivity index (χ0n) is 11.7. The van der Waals surface area contributed by atoms with Crippen LogP contribution in [0.1, 0.15) is 56.7 Å². The maximum absolute atomic E-state index is 9.36. The van der Waals surface area contributed by atoms with E-state index in [0.717, 1.165) is 25.2 Å². The largest absolute Gasteiger partial charge is 0.395 e. The molecule has 4 nitrogen and oxygen atoms in total. The van der Waals surface area contributed by atoms with E-state index in [0.29, 0.717) is 12.1 Å². The second-order valence-corrected chi connectivity index (χ2v) is 6.03. The summed E-state index contributed by atoms with van der Waals surface area (Å²) in [5.74, 6) is 0. The molecule has 3 rings (SSSR count). The quantitative estimate of drug-likeness (QED) is 0.906. The number of rotatable bonds is 4. The number of aliphatic hydroxyl groups excluding tert-OH is 1. The molecule has 19 heavy (non-hydrogen) atoms. The molecule has 2 fully saturated rings. The second-order valence-electron chi connectivity index (χ2n) is 6.03. The predicted octanol–water partition coefficient (Wildman–Crippen LogP) is 2.35. The molecule has 0 radical (unpaired) electrons. The third-order valence-electron chi connectivity index (χ3n) is 4.69. The van der Waals surface area contributed by atoms with Crippen LogP contribution in [0.5, 0.6) is 0 Å². The van der Waals surface area contributed by atoms with Gasteiger partial charge >= 0.3 is 0 Å². The summed E-state index contributed by atoms with van der Waals surface area (Å²) in [5, 5.41) is 14.1. The van der Waals surface area contributed by atoms with E-state index in [-0.39, 0.29) is 6.61 Å². The number of aliphatic hydroxyl groups is 1. The summed E-state index contributed by atoms with van der Waals surface area (Å²) < 4.78 is 2.18. The molecule has 0 spiro atoms. The van der Waals surface area contributed by atoms with Gasteiger partial charge in [0.1, 0.15) is 0 Å². The molecular formula is C15H25N3O. The maximum atomic E-state index is 9.36. The molecule has 0 bridgehead atoms. The molecule has 1 saturated heterocycles. The summed E-state index contributed by atoms with van der Waals surface area (Å²) >= 11 is 0. The highest BCUT2D eigenvalue weighted by atomic mass is 16.3. The lowest BCUT2D eigenvalue weighted by molar-refractivity contribution is 0.152. The molecule has 106 valence electrons. The molecule has 1 aliphatic heterocycles. The zero-order valence-corrected chi connectivity index (χ0v) is 11.7. The van der Waals surface area contributed by atoms with Gasteiger partial charge in [0.15, 0.2) is 0 Å². The smallest absolute Gasteiger partial charge is 0.0765 e. The van der Waals surface area contributed by atoms with Crippen molar-refractivity contribution in [3.05, 3.63) is 18.0 Å². The molecule has 2 heterocycles. The summed E-state index contributed by atoms with van der Waals surface area (Å²) in [6.45, 7) is 2.27. The van der Waals surface area contributed by atoms with Crippen LogP contribution in [0.15, 0.2) is 12.3 Å². The number of hydrogen-bond donors (Lipinski definition) is 1. The van der Waals surface area contributed by atoms with E-state index in [1.165, 1.54) is 38.5 Å². The van der Waals surface area contributed by atoms with Gasteiger partial charge in [0.2, 0.25) is 0 Å². The van der Waals surface area contributed by atoms with E-state index in [2.05, 4.69) is 21.8 Å². The number of aromatic nitrogens is 2. The van der Waals surface area contributed by atoms with E-state index >= 15 is 0 Å². The minimum absolute atomic E-state index is 0.281. The van der Waals surface area contributed by atoms with Crippen molar-refractivity contribution >= 4 is 0 Å². The van der Waals surface area contributed by atoms with Crippen molar-refractivity contribution in [2.75, 3.05) is 13.2 Å². The van der Waals surface area contributed by atoms with Crippen LogP contribution in [0.25, 0.3) is 0 Å². The van der Waals surface area contributed by atoms with Crippen LogP contribution in [-0.4, -0.2) is 39.0 Å². The molecule has 1 aromatic heterocycles. The lowest BCUT2D eigenvalue weighted by Crippen LogP contribution is -2.31. The lowest BCUT2D eigenvalue weighted by Gasteiger charge is -2.23. The van der Waals surface area contributed by atoms with Crippen LogP contribution < -0.4 is 0 Å². The maximum Gasteiger partial charge on any atom is 0.0765 e. The Morgan fingerprint density at radius 2 is 2.00 bits per heavy atom. The van der Waals surface area contributed by atoms with Gasteiger partial charge in [-0.1, -0.05) is 19.3 Å². The normalized spacial score (nSPS) is 26.1. The Kier molecular flexibility index (Phi) is 4.18. The molecule has 1 unspecified atom stereocenters. The van der Waals surface area contributed by atoms with E-state index < -0.39 is 0 Å². The van der Waals surface area contributed by atoms with E-state index in [1.54, 1.807) is 0 Å². The fourth-order valence-electron chi connectivity index (χ4n) is 3.53. The van der Waals surface area contributed by atoms with Gasteiger partial charge in [0, 0.05) is 18.8 Å². The number of nitrogens with zero attached hydrogens (tertiary/aromatic N) is 3. The molecule has 0 amide bonds. The van der Waals surface area contributed by atoms with Crippen LogP contribution >= 0.6 is 0 Å². The van der Waals surface area contributed by atoms with Gasteiger partial charge < -0.3 is 5.11 Å². The SMILES string of the molecule is OCC1CCCN1Cc1ccn(C2CCCCC2)n1. The Balaban J connectivity index is 1.61. The van der Waals surface area contributed by atoms with Crippen molar-refractivity contribution in [3.8, 4) is 0 Å². The zero-order chi connectivity index (χ0) is 13.1. The van der Waals surface area contributed by atoms with Crippen molar-refractivity contribution < 1.29 is 5.11 Å². The van der Waals surface area contributed by atoms with Crippen molar-refractivity contribution in [1.82, 2.24) is 14.7 Å². The van der Waals surface area contributed by atoms with E-state index in [1.807, 2.05) is 0 Å². The van der Waals surface area contributed by atoms with Gasteiger partial charge in [0.25, 0.3) is 0 Å². The Hall–Kier alpha value is -0.870. The topological polar surface area (TPSA) is 41.3 Å². The first-order valence-corrected chi connectivity index (χ1v) is 7.76. The predicted molar refractivity (Wildman–Crippen MR) is 74.9 cm³/mol. The molecule has 2 aliphatic rings. The van der Waals surface area contributed by atoms with E-state index in [9.17, 15) is 5.11 Å². The molecule has 0 aromatic carbocycles. The Labute approximate surface area is 115 Å². The number of likely N-dealkylation sites (tertiary alicyclic amines) is 1. The van der Waals surface area contributed by atoms with Crippen molar-refractivity contribution in [2.45, 2.75) is 63.6 Å². The molecule has 4 heteroatoms. The van der Waals surface area contributed by atoms with Gasteiger partial charge in [-0.3, -0.25) is 9.58 Å². The molecule has 1 aliphatic carbocycles. The molecule has 1 saturated carbocycles. The average molecular weight is 263 g/mol. The number of hydrogen-bond acceptors (Lipinski definition) is 3. The first-order chi connectivity index (χ1) is 9.36. The van der Waals surface area contributed by atoms with Crippen LogP contribution in [0.2, 0.25) is 0 Å². The Morgan fingerprint density at radius 1 is 1.16 bits per heavy atom.